The summed E-state index contributed by atoms with van der Waals surface area (Å²) in [6.45, 7) is 0. The summed E-state index contributed by atoms with van der Waals surface area (Å²) in [5, 5.41) is 23.3. The van der Waals surface area contributed by atoms with E-state index in [0.29, 0.717) is 40.2 Å². The fraction of sp³-hybridized carbons (Fsp3) is 0.0182. The Morgan fingerprint density at radius 3 is 1.25 bits per heavy atom. The van der Waals surface area contributed by atoms with Gasteiger partial charge < -0.3 is 9.47 Å². The number of ether oxygens (including phenoxy) is 2. The molecule has 0 bridgehead atoms. The van der Waals surface area contributed by atoms with Crippen LogP contribution in [-0.2, 0) is 10.8 Å². The molecule has 0 saturated heterocycles. The van der Waals surface area contributed by atoms with Gasteiger partial charge in [-0.3, -0.25) is 4.98 Å². The van der Waals surface area contributed by atoms with Crippen molar-refractivity contribution in [1.82, 2.24) is 29.9 Å². The minimum Gasteiger partial charge on any atom is -0.456 e. The molecule has 2 aliphatic carbocycles. The van der Waals surface area contributed by atoms with Crippen LogP contribution in [0.2, 0.25) is 0 Å². The molecule has 0 radical (unpaired) electrons. The molecule has 0 N–H and O–H groups in total. The van der Waals surface area contributed by atoms with E-state index in [1.807, 2.05) is 146 Å². The first kappa shape index (κ1) is 70.2. The zero-order valence-corrected chi connectivity index (χ0v) is 64.5. The van der Waals surface area contributed by atoms with Crippen LogP contribution >= 0.6 is 0 Å². The first-order chi connectivity index (χ1) is 59.4. The lowest BCUT2D eigenvalue weighted by atomic mass is 9.65. The molecule has 5 heterocycles. The molecular formula is C110H66N8O2. The molecule has 10 heteroatoms. The van der Waals surface area contributed by atoms with Gasteiger partial charge in [-0.15, -0.1) is 0 Å². The topological polar surface area (TPSA) is 143 Å². The van der Waals surface area contributed by atoms with Crippen LogP contribution in [0, 0.1) is 22.7 Å². The molecule has 3 aromatic heterocycles. The van der Waals surface area contributed by atoms with Crippen molar-refractivity contribution in [3.63, 3.8) is 0 Å². The quantitative estimate of drug-likeness (QED) is 0.130. The van der Waals surface area contributed by atoms with Crippen LogP contribution in [0.5, 0.6) is 23.0 Å². The second-order valence-corrected chi connectivity index (χ2v) is 30.3. The molecule has 2 unspecified atom stereocenters. The zero-order chi connectivity index (χ0) is 79.8. The van der Waals surface area contributed by atoms with Gasteiger partial charge in [-0.05, 0) is 155 Å². The Kier molecular flexibility index (Phi) is 16.9. The molecule has 558 valence electrons. The summed E-state index contributed by atoms with van der Waals surface area (Å²) in [6.07, 6.45) is 3.56. The number of hydrogen-bond donors (Lipinski definition) is 0. The van der Waals surface area contributed by atoms with Gasteiger partial charge in [0.05, 0.1) is 51.0 Å². The van der Waals surface area contributed by atoms with Crippen LogP contribution in [0.15, 0.2) is 401 Å². The van der Waals surface area contributed by atoms with Crippen LogP contribution in [0.1, 0.15) is 55.6 Å². The molecule has 19 aromatic rings. The van der Waals surface area contributed by atoms with E-state index in [0.717, 1.165) is 179 Å². The normalized spacial score (nSPS) is 14.3. The fourth-order valence-corrected chi connectivity index (χ4v) is 18.9. The largest absolute Gasteiger partial charge is 0.456 e. The molecule has 10 nitrogen and oxygen atoms in total. The van der Waals surface area contributed by atoms with Crippen molar-refractivity contribution < 1.29 is 9.47 Å². The minimum atomic E-state index is -0.772. The van der Waals surface area contributed by atoms with Gasteiger partial charge in [-0.25, -0.2) is 24.9 Å². The highest BCUT2D eigenvalue weighted by Crippen LogP contribution is 2.67. The second kappa shape index (κ2) is 28.8. The highest BCUT2D eigenvalue weighted by molar-refractivity contribution is 6.06. The number of nitrogens with zero attached hydrogens (tertiary/aromatic N) is 8. The molecule has 0 amide bonds. The standard InChI is InChI=1S/C57H34N4O.C53H32N4O/c58-35-36-32-33-42(41-24-13-21-37-16-7-8-22-40(37)41)46(34-36)43-25-14-29-49-52(43)44-23-9-10-27-47(44)57(49)48-28-11-12-31-51(48)62-53-45(26-15-30-50(53)57)56-60-54(38-17-3-1-4-18-38)59-55(61-56)39-19-5-2-6-20-39;54-33-38-31-37(34-27-29-55-30-28-34)25-26-39(38)40-18-11-22-45-50(40)41-17-7-8-20-43(41)53(45)44-21-9-10-24-49(44)58-51-42(19-12-23-46(51)53)48-32-47(35-13-3-1-4-14-35)56-52(57-48)36-15-5-2-6-16-36/h1-34H;1-32H. The number of para-hydroxylation sites is 4. The minimum absolute atomic E-state index is 0.525. The third kappa shape index (κ3) is 11.2. The molecular weight excluding hydrogens is 1470 g/mol. The third-order valence-electron chi connectivity index (χ3n) is 24.0. The van der Waals surface area contributed by atoms with Crippen molar-refractivity contribution >= 4 is 10.8 Å². The number of benzene rings is 16. The van der Waals surface area contributed by atoms with E-state index in [9.17, 15) is 10.5 Å². The molecule has 0 fully saturated rings. The lowest BCUT2D eigenvalue weighted by Crippen LogP contribution is -2.32. The van der Waals surface area contributed by atoms with E-state index in [2.05, 4.69) is 260 Å². The number of hydrogen-bond acceptors (Lipinski definition) is 10. The monoisotopic (exact) mass is 1530 g/mol. The van der Waals surface area contributed by atoms with Crippen molar-refractivity contribution in [3.8, 4) is 170 Å². The third-order valence-corrected chi connectivity index (χ3v) is 24.0. The predicted molar refractivity (Wildman–Crippen MR) is 476 cm³/mol. The molecule has 120 heavy (non-hydrogen) atoms. The summed E-state index contributed by atoms with van der Waals surface area (Å²) in [4.78, 5) is 29.8. The fourth-order valence-electron chi connectivity index (χ4n) is 18.9. The maximum absolute atomic E-state index is 10.6. The van der Waals surface area contributed by atoms with Gasteiger partial charge in [-0.1, -0.05) is 328 Å². The molecule has 4 aliphatic rings. The van der Waals surface area contributed by atoms with Crippen molar-refractivity contribution in [3.05, 3.63) is 456 Å². The average molecular weight is 1530 g/mol. The summed E-state index contributed by atoms with van der Waals surface area (Å²) in [5.41, 5.74) is 28.1. The maximum atomic E-state index is 10.6. The average Bonchev–Trinajstić information content (AvgIpc) is 1.51. The summed E-state index contributed by atoms with van der Waals surface area (Å²) < 4.78 is 14.2. The van der Waals surface area contributed by atoms with Gasteiger partial charge in [-0.2, -0.15) is 10.5 Å². The van der Waals surface area contributed by atoms with Crippen molar-refractivity contribution in [2.45, 2.75) is 10.8 Å². The molecule has 2 spiro atoms. The summed E-state index contributed by atoms with van der Waals surface area (Å²) >= 11 is 0. The number of nitriles is 2. The van der Waals surface area contributed by atoms with E-state index in [-0.39, 0.29) is 0 Å². The zero-order valence-electron chi connectivity index (χ0n) is 64.5. The number of aromatic nitrogens is 6. The van der Waals surface area contributed by atoms with Gasteiger partial charge in [0.15, 0.2) is 23.3 Å². The van der Waals surface area contributed by atoms with E-state index in [1.165, 1.54) is 5.39 Å². The number of rotatable bonds is 10. The summed E-state index contributed by atoms with van der Waals surface area (Å²) in [6, 6.07) is 139. The van der Waals surface area contributed by atoms with Crippen molar-refractivity contribution in [2.75, 3.05) is 0 Å². The Hall–Kier alpha value is -16.4. The molecule has 0 saturated carbocycles. The Morgan fingerprint density at radius 1 is 0.242 bits per heavy atom. The highest BCUT2D eigenvalue weighted by Gasteiger charge is 2.54. The number of fused-ring (bicyclic) bond motifs is 19. The second-order valence-electron chi connectivity index (χ2n) is 30.3. The summed E-state index contributed by atoms with van der Waals surface area (Å²) in [7, 11) is 0. The molecule has 23 rings (SSSR count). The molecule has 2 atom stereocenters. The maximum Gasteiger partial charge on any atom is 0.167 e. The van der Waals surface area contributed by atoms with Crippen LogP contribution in [0.3, 0.4) is 0 Å². The summed E-state index contributed by atoms with van der Waals surface area (Å²) in [5.74, 6) is 5.35. The van der Waals surface area contributed by atoms with Crippen LogP contribution in [0.25, 0.3) is 146 Å². The van der Waals surface area contributed by atoms with Gasteiger partial charge in [0, 0.05) is 68.0 Å². The molecule has 2 aliphatic heterocycles. The first-order valence-corrected chi connectivity index (χ1v) is 40.1. The van der Waals surface area contributed by atoms with Crippen molar-refractivity contribution in [2.24, 2.45) is 0 Å². The Balaban J connectivity index is 0.000000144. The van der Waals surface area contributed by atoms with E-state index < -0.39 is 10.8 Å². The van der Waals surface area contributed by atoms with Gasteiger partial charge in [0.25, 0.3) is 0 Å². The van der Waals surface area contributed by atoms with Gasteiger partial charge in [0.1, 0.15) is 23.0 Å². The Labute approximate surface area is 693 Å². The smallest absolute Gasteiger partial charge is 0.167 e. The van der Waals surface area contributed by atoms with E-state index >= 15 is 0 Å². The highest BCUT2D eigenvalue weighted by atomic mass is 16.5. The Bertz CT molecular complexity index is 7330. The lowest BCUT2D eigenvalue weighted by molar-refractivity contribution is 0.437. The van der Waals surface area contributed by atoms with Crippen LogP contribution in [-0.4, -0.2) is 29.9 Å². The van der Waals surface area contributed by atoms with Crippen LogP contribution < -0.4 is 9.47 Å². The van der Waals surface area contributed by atoms with E-state index in [1.54, 1.807) is 12.4 Å². The first-order valence-electron chi connectivity index (χ1n) is 40.1. The van der Waals surface area contributed by atoms with E-state index in [4.69, 9.17) is 34.4 Å². The number of pyridine rings is 1. The van der Waals surface area contributed by atoms with Crippen molar-refractivity contribution in [1.29, 1.82) is 10.5 Å². The van der Waals surface area contributed by atoms with Gasteiger partial charge >= 0.3 is 0 Å². The molecule has 16 aromatic carbocycles. The van der Waals surface area contributed by atoms with Crippen LogP contribution in [0.4, 0.5) is 0 Å². The predicted octanol–water partition coefficient (Wildman–Crippen LogP) is 26.2. The lowest BCUT2D eigenvalue weighted by Gasteiger charge is -2.40. The van der Waals surface area contributed by atoms with Gasteiger partial charge in [0.2, 0.25) is 0 Å². The Morgan fingerprint density at radius 2 is 0.667 bits per heavy atom. The SMILES string of the molecule is N#Cc1cc(-c2ccncc2)ccc1-c1cccc2c1-c1ccccc1C21c2ccccc2Oc2c(-c3cc(-c4ccccc4)nc(-c4ccccc4)n3)cccc21.N#Cc1ccc(-c2cccc3ccccc23)c(-c2cccc3c2-c2ccccc2C32c3ccccc3Oc3c(-c4nc(-c5ccccc5)nc(-c5ccccc5)n4)cccc32)c1.